The van der Waals surface area contributed by atoms with Gasteiger partial charge in [0.15, 0.2) is 0 Å². The van der Waals surface area contributed by atoms with E-state index in [1.165, 1.54) is 7.05 Å². The molecule has 33 heavy (non-hydrogen) atoms. The SMILES string of the molecule is CN(C(=O)OC(C)(C)C)c1ccc(C(=O)NC(CS(=O)(=O)O)(C(F)(F)F)C(F)(F)F)cc1I. The van der Waals surface area contributed by atoms with Crippen molar-refractivity contribution >= 4 is 50.4 Å². The molecule has 0 fully saturated rings. The third-order valence-electron chi connectivity index (χ3n) is 3.93. The molecule has 0 saturated heterocycles. The molecule has 1 aromatic rings. The van der Waals surface area contributed by atoms with Gasteiger partial charge in [0.25, 0.3) is 16.0 Å². The summed E-state index contributed by atoms with van der Waals surface area (Å²) in [5, 5.41) is 0.676. The number of nitrogens with zero attached hydrogens (tertiary/aromatic N) is 1. The summed E-state index contributed by atoms with van der Waals surface area (Å²) in [4.78, 5) is 25.5. The average molecular weight is 620 g/mol. The molecule has 1 rings (SSSR count). The van der Waals surface area contributed by atoms with Crippen LogP contribution in [-0.4, -0.2) is 61.3 Å². The summed E-state index contributed by atoms with van der Waals surface area (Å²) in [6.45, 7) is 4.78. The van der Waals surface area contributed by atoms with Crippen LogP contribution in [0.15, 0.2) is 18.2 Å². The van der Waals surface area contributed by atoms with E-state index in [-0.39, 0.29) is 9.26 Å². The van der Waals surface area contributed by atoms with E-state index in [0.717, 1.165) is 23.1 Å². The maximum absolute atomic E-state index is 13.4. The zero-order valence-electron chi connectivity index (χ0n) is 17.4. The van der Waals surface area contributed by atoms with Gasteiger partial charge >= 0.3 is 18.4 Å². The quantitative estimate of drug-likeness (QED) is 0.291. The molecule has 0 atom stereocenters. The zero-order valence-corrected chi connectivity index (χ0v) is 20.4. The molecular weight excluding hydrogens is 601 g/mol. The first-order valence-corrected chi connectivity index (χ1v) is 11.4. The van der Waals surface area contributed by atoms with E-state index in [9.17, 15) is 44.3 Å². The van der Waals surface area contributed by atoms with Gasteiger partial charge in [0.05, 0.1) is 5.69 Å². The minimum atomic E-state index is -6.33. The lowest BCUT2D eigenvalue weighted by molar-refractivity contribution is -0.296. The first-order chi connectivity index (χ1) is 14.5. The molecule has 0 aliphatic carbocycles. The van der Waals surface area contributed by atoms with E-state index in [0.29, 0.717) is 5.32 Å². The highest BCUT2D eigenvalue weighted by Gasteiger charge is 2.73. The molecule has 16 heteroatoms. The number of hydrogen-bond donors (Lipinski definition) is 2. The molecule has 0 radical (unpaired) electrons. The van der Waals surface area contributed by atoms with Gasteiger partial charge in [-0.2, -0.15) is 34.8 Å². The van der Waals surface area contributed by atoms with Gasteiger partial charge in [0, 0.05) is 16.2 Å². The zero-order chi connectivity index (χ0) is 26.2. The Morgan fingerprint density at radius 1 is 1.09 bits per heavy atom. The van der Waals surface area contributed by atoms with Crippen LogP contribution in [0.3, 0.4) is 0 Å². The van der Waals surface area contributed by atoms with Crippen molar-refractivity contribution in [2.45, 2.75) is 44.3 Å². The van der Waals surface area contributed by atoms with Crippen LogP contribution >= 0.6 is 22.6 Å². The minimum Gasteiger partial charge on any atom is -0.443 e. The second-order valence-corrected chi connectivity index (χ2v) is 10.4. The molecule has 188 valence electrons. The Labute approximate surface area is 198 Å². The van der Waals surface area contributed by atoms with Crippen molar-refractivity contribution in [3.8, 4) is 0 Å². The lowest BCUT2D eigenvalue weighted by atomic mass is 9.99. The standard InChI is InChI=1S/C17H19F6IN2O6S/c1-14(2,3)32-13(28)26(4)11-6-5-9(7-10(11)24)12(27)25-15(16(18,19)20,17(21,22)23)8-33(29,30)31/h5-7H,8H2,1-4H3,(H,25,27)(H,29,30,31). The van der Waals surface area contributed by atoms with Crippen molar-refractivity contribution in [1.82, 2.24) is 5.32 Å². The molecule has 0 heterocycles. The van der Waals surface area contributed by atoms with Crippen molar-refractivity contribution in [1.29, 1.82) is 0 Å². The van der Waals surface area contributed by atoms with Gasteiger partial charge in [0.2, 0.25) is 5.54 Å². The fraction of sp³-hybridized carbons (Fsp3) is 0.529. The number of alkyl halides is 6. The summed E-state index contributed by atoms with van der Waals surface area (Å²) < 4.78 is 116. The molecule has 0 aromatic heterocycles. The topological polar surface area (TPSA) is 113 Å². The summed E-state index contributed by atoms with van der Waals surface area (Å²) in [6, 6.07) is 2.79. The third kappa shape index (κ3) is 7.33. The molecule has 0 unspecified atom stereocenters. The van der Waals surface area contributed by atoms with Crippen LogP contribution in [0.25, 0.3) is 0 Å². The molecule has 2 N–H and O–H groups in total. The van der Waals surface area contributed by atoms with Gasteiger partial charge in [-0.05, 0) is 61.6 Å². The maximum Gasteiger partial charge on any atom is 0.421 e. The average Bonchev–Trinajstić information content (AvgIpc) is 2.55. The second-order valence-electron chi connectivity index (χ2n) is 7.79. The molecule has 1 aromatic carbocycles. The van der Waals surface area contributed by atoms with E-state index in [4.69, 9.17) is 9.29 Å². The number of benzene rings is 1. The van der Waals surface area contributed by atoms with E-state index in [2.05, 4.69) is 0 Å². The van der Waals surface area contributed by atoms with E-state index in [1.807, 2.05) is 0 Å². The van der Waals surface area contributed by atoms with Crippen molar-refractivity contribution in [2.75, 3.05) is 17.7 Å². The normalized spacial score (nSPS) is 13.5. The van der Waals surface area contributed by atoms with Gasteiger partial charge < -0.3 is 10.1 Å². The summed E-state index contributed by atoms with van der Waals surface area (Å²) in [6.07, 6.45) is -13.5. The smallest absolute Gasteiger partial charge is 0.421 e. The maximum atomic E-state index is 13.4. The Morgan fingerprint density at radius 2 is 1.58 bits per heavy atom. The Hall–Kier alpha value is -1.82. The predicted molar refractivity (Wildman–Crippen MR) is 113 cm³/mol. The molecule has 2 amide bonds. The summed E-state index contributed by atoms with van der Waals surface area (Å²) in [5.74, 6) is -4.80. The molecule has 0 saturated carbocycles. The highest BCUT2D eigenvalue weighted by atomic mass is 127. The number of carbonyl (C=O) groups is 2. The monoisotopic (exact) mass is 620 g/mol. The van der Waals surface area contributed by atoms with Crippen LogP contribution in [0, 0.1) is 3.57 Å². The Bertz CT molecular complexity index is 1010. The Balaban J connectivity index is 3.38. The molecular formula is C17H19F6IN2O6S. The number of carbonyl (C=O) groups excluding carboxylic acids is 2. The van der Waals surface area contributed by atoms with Gasteiger partial charge in [0.1, 0.15) is 11.4 Å². The van der Waals surface area contributed by atoms with Gasteiger partial charge in [-0.25, -0.2) is 4.79 Å². The van der Waals surface area contributed by atoms with Gasteiger partial charge in [-0.3, -0.25) is 14.2 Å². The van der Waals surface area contributed by atoms with Crippen molar-refractivity contribution in [3.63, 3.8) is 0 Å². The number of ether oxygens (including phenoxy) is 1. The van der Waals surface area contributed by atoms with Crippen LogP contribution in [0.5, 0.6) is 0 Å². The van der Waals surface area contributed by atoms with Crippen LogP contribution < -0.4 is 10.2 Å². The first kappa shape index (κ1) is 29.2. The Morgan fingerprint density at radius 3 is 1.94 bits per heavy atom. The minimum absolute atomic E-state index is 0.0769. The number of nitrogens with one attached hydrogen (secondary N) is 1. The van der Waals surface area contributed by atoms with Crippen LogP contribution in [0.2, 0.25) is 0 Å². The predicted octanol–water partition coefficient (Wildman–Crippen LogP) is 4.14. The number of amides is 2. The van der Waals surface area contributed by atoms with Crippen LogP contribution in [-0.2, 0) is 14.9 Å². The first-order valence-electron chi connectivity index (χ1n) is 8.68. The number of anilines is 1. The molecule has 0 aliphatic rings. The van der Waals surface area contributed by atoms with Gasteiger partial charge in [-0.1, -0.05) is 0 Å². The number of hydrogen-bond acceptors (Lipinski definition) is 5. The molecule has 0 bridgehead atoms. The summed E-state index contributed by atoms with van der Waals surface area (Å²) >= 11 is 1.59. The lowest BCUT2D eigenvalue weighted by Crippen LogP contribution is -2.70. The Kier molecular flexibility index (Phi) is 8.35. The lowest BCUT2D eigenvalue weighted by Gasteiger charge is -2.36. The van der Waals surface area contributed by atoms with E-state index < -0.39 is 56.9 Å². The van der Waals surface area contributed by atoms with Crippen molar-refractivity contribution < 1.29 is 53.6 Å². The second kappa shape index (κ2) is 9.44. The number of rotatable bonds is 5. The fourth-order valence-corrected chi connectivity index (χ4v) is 4.21. The van der Waals surface area contributed by atoms with E-state index in [1.54, 1.807) is 43.4 Å². The van der Waals surface area contributed by atoms with Gasteiger partial charge in [-0.15, -0.1) is 0 Å². The van der Waals surface area contributed by atoms with Crippen LogP contribution in [0.1, 0.15) is 31.1 Å². The molecule has 0 aliphatic heterocycles. The largest absolute Gasteiger partial charge is 0.443 e. The highest BCUT2D eigenvalue weighted by Crippen LogP contribution is 2.44. The third-order valence-corrected chi connectivity index (χ3v) is 5.59. The molecule has 8 nitrogen and oxygen atoms in total. The fourth-order valence-electron chi connectivity index (χ4n) is 2.39. The van der Waals surface area contributed by atoms with E-state index >= 15 is 0 Å². The number of halogens is 7. The van der Waals surface area contributed by atoms with Crippen molar-refractivity contribution in [3.05, 3.63) is 27.3 Å². The molecule has 0 spiro atoms. The highest BCUT2D eigenvalue weighted by molar-refractivity contribution is 14.1. The summed E-state index contributed by atoms with van der Waals surface area (Å²) in [5.41, 5.74) is -6.71. The summed E-state index contributed by atoms with van der Waals surface area (Å²) in [7, 11) is -4.55. The van der Waals surface area contributed by atoms with Crippen LogP contribution in [0.4, 0.5) is 36.8 Å². The van der Waals surface area contributed by atoms with Crippen molar-refractivity contribution in [2.24, 2.45) is 0 Å².